The van der Waals surface area contributed by atoms with Crippen LogP contribution in [0.1, 0.15) is 33.6 Å². The van der Waals surface area contributed by atoms with Crippen LogP contribution in [0, 0.1) is 16.0 Å². The van der Waals surface area contributed by atoms with Crippen molar-refractivity contribution in [3.05, 3.63) is 39.4 Å². The summed E-state index contributed by atoms with van der Waals surface area (Å²) in [6.07, 6.45) is -4.83. The molecule has 1 aliphatic rings. The molecule has 130 valence electrons. The number of aromatic carboxylic acids is 1. The van der Waals surface area contributed by atoms with Crippen LogP contribution < -0.4 is 0 Å². The fourth-order valence-corrected chi connectivity index (χ4v) is 2.56. The summed E-state index contributed by atoms with van der Waals surface area (Å²) in [6.45, 7) is -0.289. The number of nitrogens with zero attached hydrogens (tertiary/aromatic N) is 2. The number of carbonyl (C=O) groups is 2. The highest BCUT2D eigenvalue weighted by atomic mass is 19.4. The number of alkyl halides is 3. The van der Waals surface area contributed by atoms with Crippen LogP contribution in [0.25, 0.3) is 0 Å². The number of carboxylic acids is 1. The Balaban J connectivity index is 2.21. The van der Waals surface area contributed by atoms with Gasteiger partial charge in [-0.3, -0.25) is 14.9 Å². The molecule has 0 spiro atoms. The smallest absolute Gasteiger partial charge is 0.391 e. The van der Waals surface area contributed by atoms with Gasteiger partial charge in [0.2, 0.25) is 0 Å². The molecule has 0 aromatic heterocycles. The van der Waals surface area contributed by atoms with Crippen molar-refractivity contribution in [2.45, 2.75) is 19.0 Å². The van der Waals surface area contributed by atoms with E-state index in [-0.39, 0.29) is 31.5 Å². The molecule has 7 nitrogen and oxygen atoms in total. The normalized spacial score (nSPS) is 16.0. The lowest BCUT2D eigenvalue weighted by Crippen LogP contribution is -2.42. The number of nitro benzene ring substituents is 1. The maximum absolute atomic E-state index is 12.6. The zero-order chi connectivity index (χ0) is 18.1. The molecule has 0 atom stereocenters. The van der Waals surface area contributed by atoms with Crippen molar-refractivity contribution in [1.82, 2.24) is 4.90 Å². The van der Waals surface area contributed by atoms with Crippen LogP contribution in [0.3, 0.4) is 0 Å². The van der Waals surface area contributed by atoms with E-state index in [1.54, 1.807) is 0 Å². The van der Waals surface area contributed by atoms with E-state index in [1.807, 2.05) is 0 Å². The van der Waals surface area contributed by atoms with E-state index in [0.29, 0.717) is 0 Å². The molecule has 1 aliphatic heterocycles. The summed E-state index contributed by atoms with van der Waals surface area (Å²) in [5, 5.41) is 19.8. The molecule has 1 saturated heterocycles. The molecule has 1 aromatic carbocycles. The second kappa shape index (κ2) is 6.46. The number of benzene rings is 1. The number of carbonyl (C=O) groups excluding carboxylic acids is 1. The predicted octanol–water partition coefficient (Wildman–Crippen LogP) is 2.71. The number of amides is 1. The lowest BCUT2D eigenvalue weighted by Gasteiger charge is -2.33. The van der Waals surface area contributed by atoms with Gasteiger partial charge >= 0.3 is 12.1 Å². The quantitative estimate of drug-likeness (QED) is 0.670. The molecule has 0 aliphatic carbocycles. The van der Waals surface area contributed by atoms with E-state index in [4.69, 9.17) is 5.11 Å². The lowest BCUT2D eigenvalue weighted by molar-refractivity contribution is -0.384. The molecular weight excluding hydrogens is 333 g/mol. The van der Waals surface area contributed by atoms with Crippen LogP contribution in [0.2, 0.25) is 0 Å². The molecule has 10 heteroatoms. The predicted molar refractivity (Wildman–Crippen MR) is 74.7 cm³/mol. The van der Waals surface area contributed by atoms with Gasteiger partial charge in [-0.05, 0) is 18.9 Å². The summed E-state index contributed by atoms with van der Waals surface area (Å²) in [6, 6.07) is 2.72. The van der Waals surface area contributed by atoms with Crippen molar-refractivity contribution >= 4 is 17.6 Å². The van der Waals surface area contributed by atoms with Gasteiger partial charge < -0.3 is 10.0 Å². The van der Waals surface area contributed by atoms with Crippen molar-refractivity contribution < 1.29 is 32.8 Å². The lowest BCUT2D eigenvalue weighted by atomic mass is 9.95. The van der Waals surface area contributed by atoms with E-state index in [2.05, 4.69) is 0 Å². The topological polar surface area (TPSA) is 101 Å². The Morgan fingerprint density at radius 3 is 2.17 bits per heavy atom. The Morgan fingerprint density at radius 2 is 1.71 bits per heavy atom. The number of nitro groups is 1. The highest BCUT2D eigenvalue weighted by molar-refractivity contribution is 5.98. The van der Waals surface area contributed by atoms with Crippen LogP contribution in [0.4, 0.5) is 18.9 Å². The average molecular weight is 346 g/mol. The van der Waals surface area contributed by atoms with E-state index >= 15 is 0 Å². The first-order valence-electron chi connectivity index (χ1n) is 6.98. The Hall–Kier alpha value is -2.65. The van der Waals surface area contributed by atoms with Crippen LogP contribution in [-0.4, -0.2) is 46.1 Å². The summed E-state index contributed by atoms with van der Waals surface area (Å²) in [5.74, 6) is -3.65. The Bertz CT molecular complexity index is 649. The summed E-state index contributed by atoms with van der Waals surface area (Å²) in [4.78, 5) is 34.5. The Labute approximate surface area is 133 Å². The zero-order valence-corrected chi connectivity index (χ0v) is 12.2. The minimum atomic E-state index is -4.32. The molecule has 0 unspecified atom stereocenters. The molecule has 1 aromatic rings. The maximum Gasteiger partial charge on any atom is 0.391 e. The fourth-order valence-electron chi connectivity index (χ4n) is 2.56. The zero-order valence-electron chi connectivity index (χ0n) is 12.2. The summed E-state index contributed by atoms with van der Waals surface area (Å²) >= 11 is 0. The number of non-ortho nitro benzene ring substituents is 1. The molecule has 1 amide bonds. The van der Waals surface area contributed by atoms with Crippen molar-refractivity contribution in [3.63, 3.8) is 0 Å². The van der Waals surface area contributed by atoms with E-state index in [0.717, 1.165) is 23.1 Å². The standard InChI is InChI=1S/C14H13F3N2O5/c15-14(16,17)10-1-3-18(4-2-10)12(20)8-5-9(13(21)22)7-11(6-8)19(23)24/h5-7,10H,1-4H2,(H,21,22). The first-order chi connectivity index (χ1) is 11.1. The molecule has 2 rings (SSSR count). The highest BCUT2D eigenvalue weighted by Crippen LogP contribution is 2.34. The highest BCUT2D eigenvalue weighted by Gasteiger charge is 2.41. The van der Waals surface area contributed by atoms with Crippen molar-refractivity contribution in [3.8, 4) is 0 Å². The summed E-state index contributed by atoms with van der Waals surface area (Å²) in [7, 11) is 0. The monoisotopic (exact) mass is 346 g/mol. The summed E-state index contributed by atoms with van der Waals surface area (Å²) in [5.41, 5.74) is -1.23. The van der Waals surface area contributed by atoms with Gasteiger partial charge in [0, 0.05) is 30.8 Å². The third-order valence-electron chi connectivity index (χ3n) is 3.87. The van der Waals surface area contributed by atoms with Crippen molar-refractivity contribution in [1.29, 1.82) is 0 Å². The SMILES string of the molecule is O=C(O)c1cc(C(=O)N2CCC(C(F)(F)F)CC2)cc([N+](=O)[O-])c1. The van der Waals surface area contributed by atoms with Gasteiger partial charge in [0.1, 0.15) is 0 Å². The average Bonchev–Trinajstić information content (AvgIpc) is 2.53. The molecular formula is C14H13F3N2O5. The van der Waals surface area contributed by atoms with Gasteiger partial charge in [-0.25, -0.2) is 4.79 Å². The second-order valence-electron chi connectivity index (χ2n) is 5.44. The number of carboxylic acid groups (broad SMARTS) is 1. The third kappa shape index (κ3) is 3.81. The van der Waals surface area contributed by atoms with Crippen LogP contribution in [-0.2, 0) is 0 Å². The first kappa shape index (κ1) is 17.7. The van der Waals surface area contributed by atoms with Gasteiger partial charge in [-0.2, -0.15) is 13.2 Å². The van der Waals surface area contributed by atoms with Crippen molar-refractivity contribution in [2.75, 3.05) is 13.1 Å². The van der Waals surface area contributed by atoms with Crippen LogP contribution in [0.15, 0.2) is 18.2 Å². The van der Waals surface area contributed by atoms with Gasteiger partial charge in [0.15, 0.2) is 0 Å². The fraction of sp³-hybridized carbons (Fsp3) is 0.429. The third-order valence-corrected chi connectivity index (χ3v) is 3.87. The number of hydrogen-bond donors (Lipinski definition) is 1. The van der Waals surface area contributed by atoms with E-state index in [9.17, 15) is 32.9 Å². The van der Waals surface area contributed by atoms with Crippen LogP contribution in [0.5, 0.6) is 0 Å². The van der Waals surface area contributed by atoms with Crippen LogP contribution >= 0.6 is 0 Å². The first-order valence-corrected chi connectivity index (χ1v) is 6.98. The minimum Gasteiger partial charge on any atom is -0.478 e. The van der Waals surface area contributed by atoms with E-state index < -0.39 is 40.1 Å². The summed E-state index contributed by atoms with van der Waals surface area (Å²) < 4.78 is 37.9. The Kier molecular flexibility index (Phi) is 4.76. The van der Waals surface area contributed by atoms with Crippen molar-refractivity contribution in [2.24, 2.45) is 5.92 Å². The number of hydrogen-bond acceptors (Lipinski definition) is 4. The minimum absolute atomic E-state index is 0.145. The molecule has 24 heavy (non-hydrogen) atoms. The molecule has 1 N–H and O–H groups in total. The molecule has 0 bridgehead atoms. The molecule has 0 saturated carbocycles. The second-order valence-corrected chi connectivity index (χ2v) is 5.44. The number of halogens is 3. The molecule has 1 fully saturated rings. The van der Waals surface area contributed by atoms with Gasteiger partial charge in [-0.15, -0.1) is 0 Å². The Morgan fingerprint density at radius 1 is 1.17 bits per heavy atom. The largest absolute Gasteiger partial charge is 0.478 e. The van der Waals surface area contributed by atoms with Gasteiger partial charge in [0.25, 0.3) is 11.6 Å². The van der Waals surface area contributed by atoms with Gasteiger partial charge in [0.05, 0.1) is 16.4 Å². The number of rotatable bonds is 3. The maximum atomic E-state index is 12.6. The molecule has 0 radical (unpaired) electrons. The van der Waals surface area contributed by atoms with Gasteiger partial charge in [-0.1, -0.05) is 0 Å². The number of piperidine rings is 1. The molecule has 1 heterocycles. The van der Waals surface area contributed by atoms with E-state index in [1.165, 1.54) is 0 Å². The number of likely N-dealkylation sites (tertiary alicyclic amines) is 1.